The first kappa shape index (κ1) is 15.9. The standard InChI is InChI=1S/C13H20N6O4/c1-5(2)16-13-17-10(14)7-11(18-13)19(4-15-7)12-9(22)8(21)6(3-20)23-12/h4-6,8-9,12,20-22H,3H2,1-2H3,(H3,14,16,17,18)/t6-,8-,9-,12?/m1/s1. The van der Waals surface area contributed by atoms with E-state index in [1.54, 1.807) is 0 Å². The number of hydrogen-bond acceptors (Lipinski definition) is 9. The van der Waals surface area contributed by atoms with E-state index in [9.17, 15) is 15.3 Å². The Morgan fingerprint density at radius 3 is 2.70 bits per heavy atom. The molecule has 0 radical (unpaired) electrons. The topological polar surface area (TPSA) is 152 Å². The second kappa shape index (κ2) is 5.89. The minimum absolute atomic E-state index is 0.108. The Hall–Kier alpha value is -2.01. The Morgan fingerprint density at radius 2 is 2.09 bits per heavy atom. The summed E-state index contributed by atoms with van der Waals surface area (Å²) in [6, 6.07) is 0.108. The number of anilines is 2. The zero-order valence-electron chi connectivity index (χ0n) is 12.8. The Labute approximate surface area is 131 Å². The summed E-state index contributed by atoms with van der Waals surface area (Å²) < 4.78 is 6.97. The van der Waals surface area contributed by atoms with Gasteiger partial charge in [-0.3, -0.25) is 4.57 Å². The molecule has 0 saturated carbocycles. The van der Waals surface area contributed by atoms with E-state index in [1.807, 2.05) is 13.8 Å². The van der Waals surface area contributed by atoms with E-state index < -0.39 is 31.1 Å². The molecule has 1 aliphatic rings. The maximum atomic E-state index is 10.1. The minimum Gasteiger partial charge on any atom is -0.394 e. The van der Waals surface area contributed by atoms with Gasteiger partial charge >= 0.3 is 0 Å². The smallest absolute Gasteiger partial charge is 0.226 e. The second-order valence-electron chi connectivity index (χ2n) is 5.78. The minimum atomic E-state index is -1.22. The van der Waals surface area contributed by atoms with Crippen LogP contribution in [0.15, 0.2) is 6.33 Å². The lowest BCUT2D eigenvalue weighted by Crippen LogP contribution is -2.33. The first-order valence-electron chi connectivity index (χ1n) is 7.31. The van der Waals surface area contributed by atoms with Gasteiger partial charge in [0.1, 0.15) is 23.8 Å². The largest absolute Gasteiger partial charge is 0.394 e. The average Bonchev–Trinajstić information content (AvgIpc) is 3.01. The monoisotopic (exact) mass is 324 g/mol. The van der Waals surface area contributed by atoms with Crippen molar-refractivity contribution in [2.24, 2.45) is 0 Å². The molecule has 0 aromatic carbocycles. The normalized spacial score (nSPS) is 27.9. The van der Waals surface area contributed by atoms with E-state index >= 15 is 0 Å². The third-order valence-electron chi connectivity index (χ3n) is 3.66. The number of fused-ring (bicyclic) bond motifs is 1. The molecule has 0 amide bonds. The van der Waals surface area contributed by atoms with Crippen LogP contribution < -0.4 is 11.1 Å². The molecular weight excluding hydrogens is 304 g/mol. The molecule has 1 saturated heterocycles. The Kier molecular flexibility index (Phi) is 4.06. The first-order chi connectivity index (χ1) is 10.9. The summed E-state index contributed by atoms with van der Waals surface area (Å²) in [5.74, 6) is 0.530. The van der Waals surface area contributed by atoms with Crippen molar-refractivity contribution >= 4 is 22.9 Å². The maximum absolute atomic E-state index is 10.1. The first-order valence-corrected chi connectivity index (χ1v) is 7.31. The molecule has 2 aromatic rings. The van der Waals surface area contributed by atoms with Crippen LogP contribution in [-0.2, 0) is 4.74 Å². The van der Waals surface area contributed by atoms with Gasteiger partial charge in [0.2, 0.25) is 5.95 Å². The fourth-order valence-electron chi connectivity index (χ4n) is 2.56. The van der Waals surface area contributed by atoms with Crippen molar-refractivity contribution in [1.82, 2.24) is 19.5 Å². The van der Waals surface area contributed by atoms with Crippen molar-refractivity contribution in [3.63, 3.8) is 0 Å². The van der Waals surface area contributed by atoms with Gasteiger partial charge in [-0.15, -0.1) is 0 Å². The molecule has 3 heterocycles. The molecule has 10 nitrogen and oxygen atoms in total. The highest BCUT2D eigenvalue weighted by Gasteiger charge is 2.44. The zero-order chi connectivity index (χ0) is 16.7. The predicted molar refractivity (Wildman–Crippen MR) is 81.5 cm³/mol. The van der Waals surface area contributed by atoms with Gasteiger partial charge in [-0.2, -0.15) is 9.97 Å². The summed E-state index contributed by atoms with van der Waals surface area (Å²) in [6.45, 7) is 3.47. The predicted octanol–water partition coefficient (Wildman–Crippen LogP) is -1.16. The Bertz CT molecular complexity index is 705. The van der Waals surface area contributed by atoms with E-state index in [4.69, 9.17) is 10.5 Å². The third-order valence-corrected chi connectivity index (χ3v) is 3.66. The van der Waals surface area contributed by atoms with Crippen LogP contribution in [0.1, 0.15) is 20.1 Å². The summed E-state index contributed by atoms with van der Waals surface area (Å²) in [5, 5.41) is 32.3. The van der Waals surface area contributed by atoms with Crippen LogP contribution in [0.25, 0.3) is 11.2 Å². The molecule has 126 valence electrons. The van der Waals surface area contributed by atoms with Crippen LogP contribution in [0.3, 0.4) is 0 Å². The van der Waals surface area contributed by atoms with Gasteiger partial charge in [-0.25, -0.2) is 4.98 Å². The van der Waals surface area contributed by atoms with Crippen molar-refractivity contribution in [2.75, 3.05) is 17.7 Å². The highest BCUT2D eigenvalue weighted by Crippen LogP contribution is 2.32. The molecule has 3 rings (SSSR count). The number of aliphatic hydroxyl groups is 3. The molecule has 23 heavy (non-hydrogen) atoms. The van der Waals surface area contributed by atoms with Gasteiger partial charge in [0.15, 0.2) is 17.7 Å². The SMILES string of the molecule is CC(C)Nc1nc(N)c2ncn(C3O[C@H](CO)[C@@H](O)[C@H]3O)c2n1. The molecule has 1 aliphatic heterocycles. The summed E-state index contributed by atoms with van der Waals surface area (Å²) >= 11 is 0. The van der Waals surface area contributed by atoms with Gasteiger partial charge in [0, 0.05) is 6.04 Å². The van der Waals surface area contributed by atoms with Crippen LogP contribution in [0.4, 0.5) is 11.8 Å². The lowest BCUT2D eigenvalue weighted by Gasteiger charge is -2.17. The van der Waals surface area contributed by atoms with E-state index in [2.05, 4.69) is 20.3 Å². The number of nitrogen functional groups attached to an aromatic ring is 1. The lowest BCUT2D eigenvalue weighted by molar-refractivity contribution is -0.0511. The molecule has 1 unspecified atom stereocenters. The summed E-state index contributed by atoms with van der Waals surface area (Å²) in [5.41, 5.74) is 6.64. The molecule has 2 aromatic heterocycles. The van der Waals surface area contributed by atoms with E-state index in [0.717, 1.165) is 0 Å². The zero-order valence-corrected chi connectivity index (χ0v) is 12.8. The number of nitrogens with two attached hydrogens (primary N) is 1. The van der Waals surface area contributed by atoms with Crippen LogP contribution in [0, 0.1) is 0 Å². The van der Waals surface area contributed by atoms with Crippen LogP contribution in [0.5, 0.6) is 0 Å². The number of nitrogens with zero attached hydrogens (tertiary/aromatic N) is 4. The van der Waals surface area contributed by atoms with Gasteiger partial charge in [0.25, 0.3) is 0 Å². The number of aliphatic hydroxyl groups excluding tert-OH is 3. The Balaban J connectivity index is 2.03. The van der Waals surface area contributed by atoms with E-state index in [0.29, 0.717) is 17.1 Å². The van der Waals surface area contributed by atoms with Crippen molar-refractivity contribution in [3.05, 3.63) is 6.33 Å². The molecule has 10 heteroatoms. The van der Waals surface area contributed by atoms with Crippen molar-refractivity contribution in [2.45, 2.75) is 44.4 Å². The number of hydrogen-bond donors (Lipinski definition) is 5. The van der Waals surface area contributed by atoms with E-state index in [1.165, 1.54) is 10.9 Å². The number of ether oxygens (including phenoxy) is 1. The number of imidazole rings is 1. The van der Waals surface area contributed by atoms with Crippen molar-refractivity contribution < 1.29 is 20.1 Å². The number of rotatable bonds is 4. The molecule has 0 spiro atoms. The molecule has 6 N–H and O–H groups in total. The van der Waals surface area contributed by atoms with Gasteiger partial charge in [-0.05, 0) is 13.8 Å². The number of aromatic nitrogens is 4. The summed E-state index contributed by atoms with van der Waals surface area (Å²) in [4.78, 5) is 12.6. The second-order valence-corrected chi connectivity index (χ2v) is 5.78. The molecule has 1 fully saturated rings. The van der Waals surface area contributed by atoms with Crippen molar-refractivity contribution in [3.8, 4) is 0 Å². The highest BCUT2D eigenvalue weighted by atomic mass is 16.6. The average molecular weight is 324 g/mol. The quantitative estimate of drug-likeness (QED) is 0.469. The molecule has 4 atom stereocenters. The number of nitrogens with one attached hydrogen (secondary N) is 1. The third kappa shape index (κ3) is 2.70. The van der Waals surface area contributed by atoms with E-state index in [-0.39, 0.29) is 11.9 Å². The fourth-order valence-corrected chi connectivity index (χ4v) is 2.56. The summed E-state index contributed by atoms with van der Waals surface area (Å²) in [6.07, 6.45) is -2.81. The van der Waals surface area contributed by atoms with Gasteiger partial charge in [0.05, 0.1) is 12.9 Å². The van der Waals surface area contributed by atoms with Gasteiger partial charge in [-0.1, -0.05) is 0 Å². The van der Waals surface area contributed by atoms with Crippen LogP contribution in [-0.4, -0.2) is 65.8 Å². The Morgan fingerprint density at radius 1 is 1.35 bits per heavy atom. The summed E-state index contributed by atoms with van der Waals surface area (Å²) in [7, 11) is 0. The highest BCUT2D eigenvalue weighted by molar-refractivity contribution is 5.83. The van der Waals surface area contributed by atoms with Crippen molar-refractivity contribution in [1.29, 1.82) is 0 Å². The molecule has 0 aliphatic carbocycles. The lowest BCUT2D eigenvalue weighted by atomic mass is 10.1. The van der Waals surface area contributed by atoms with Crippen LogP contribution >= 0.6 is 0 Å². The fraction of sp³-hybridized carbons (Fsp3) is 0.615. The molecular formula is C13H20N6O4. The van der Waals surface area contributed by atoms with Gasteiger partial charge < -0.3 is 31.1 Å². The van der Waals surface area contributed by atoms with Crippen LogP contribution in [0.2, 0.25) is 0 Å². The maximum Gasteiger partial charge on any atom is 0.226 e. The molecule has 0 bridgehead atoms.